The smallest absolute Gasteiger partial charge is 0.331 e. The van der Waals surface area contributed by atoms with Crippen LogP contribution in [0.1, 0.15) is 18.3 Å². The Morgan fingerprint density at radius 2 is 1.79 bits per heavy atom. The number of rotatable bonds is 8. The summed E-state index contributed by atoms with van der Waals surface area (Å²) >= 11 is 0. The van der Waals surface area contributed by atoms with E-state index in [4.69, 9.17) is 18.7 Å². The minimum absolute atomic E-state index is 0.0773. The fraction of sp³-hybridized carbons (Fsp3) is 0.190. The molecule has 3 rings (SSSR count). The lowest BCUT2D eigenvalue weighted by atomic mass is 10.2. The van der Waals surface area contributed by atoms with Crippen LogP contribution in [0.15, 0.2) is 59.1 Å². The lowest BCUT2D eigenvalue weighted by molar-refractivity contribution is -0.139. The van der Waals surface area contributed by atoms with Crippen LogP contribution in [0.4, 0.5) is 0 Å². The highest BCUT2D eigenvalue weighted by Crippen LogP contribution is 2.20. The molecule has 0 fully saturated rings. The molecule has 0 bridgehead atoms. The van der Waals surface area contributed by atoms with Gasteiger partial charge in [0.25, 0.3) is 5.89 Å². The summed E-state index contributed by atoms with van der Waals surface area (Å²) in [6.07, 6.45) is 3.01. The van der Waals surface area contributed by atoms with Crippen molar-refractivity contribution >= 4 is 12.0 Å². The van der Waals surface area contributed by atoms with Crippen LogP contribution in [0.5, 0.6) is 11.5 Å². The predicted octanol–water partition coefficient (Wildman–Crippen LogP) is 3.90. The predicted molar refractivity (Wildman–Crippen MR) is 103 cm³/mol. The number of benzene rings is 2. The molecule has 7 nitrogen and oxygen atoms in total. The van der Waals surface area contributed by atoms with Gasteiger partial charge in [-0.3, -0.25) is 0 Å². The maximum Gasteiger partial charge on any atom is 0.331 e. The maximum atomic E-state index is 11.9. The minimum Gasteiger partial charge on any atom is -0.497 e. The van der Waals surface area contributed by atoms with E-state index in [1.165, 1.54) is 6.08 Å². The Balaban J connectivity index is 1.52. The van der Waals surface area contributed by atoms with Crippen LogP contribution in [0, 0.1) is 0 Å². The largest absolute Gasteiger partial charge is 0.497 e. The van der Waals surface area contributed by atoms with E-state index >= 15 is 0 Å². The first-order chi connectivity index (χ1) is 13.7. The molecule has 3 aromatic rings. The molecule has 0 atom stereocenters. The second-order valence-corrected chi connectivity index (χ2v) is 5.69. The van der Waals surface area contributed by atoms with E-state index < -0.39 is 5.97 Å². The number of carbonyl (C=O) groups excluding carboxylic acids is 1. The number of methoxy groups -OCH3 is 1. The highest BCUT2D eigenvalue weighted by molar-refractivity contribution is 5.87. The second-order valence-electron chi connectivity index (χ2n) is 5.69. The van der Waals surface area contributed by atoms with E-state index in [9.17, 15) is 4.79 Å². The zero-order valence-electron chi connectivity index (χ0n) is 15.6. The maximum absolute atomic E-state index is 11.9. The van der Waals surface area contributed by atoms with Crippen LogP contribution in [0.25, 0.3) is 17.5 Å². The molecule has 0 aliphatic carbocycles. The summed E-state index contributed by atoms with van der Waals surface area (Å²) in [4.78, 5) is 16.1. The summed E-state index contributed by atoms with van der Waals surface area (Å²) in [5.74, 6) is 1.65. The topological polar surface area (TPSA) is 83.7 Å². The molecule has 1 aromatic heterocycles. The van der Waals surface area contributed by atoms with Crippen molar-refractivity contribution in [3.8, 4) is 23.0 Å². The molecule has 0 amide bonds. The number of nitrogens with zero attached hydrogens (tertiary/aromatic N) is 2. The van der Waals surface area contributed by atoms with Crippen molar-refractivity contribution in [3.63, 3.8) is 0 Å². The third-order valence-electron chi connectivity index (χ3n) is 3.75. The van der Waals surface area contributed by atoms with Gasteiger partial charge in [0.15, 0.2) is 6.61 Å². The van der Waals surface area contributed by atoms with Crippen LogP contribution in [0.2, 0.25) is 0 Å². The van der Waals surface area contributed by atoms with E-state index in [-0.39, 0.29) is 12.4 Å². The summed E-state index contributed by atoms with van der Waals surface area (Å²) in [5.41, 5.74) is 1.61. The van der Waals surface area contributed by atoms with Gasteiger partial charge in [0.2, 0.25) is 5.82 Å². The highest BCUT2D eigenvalue weighted by atomic mass is 16.5. The fourth-order valence-corrected chi connectivity index (χ4v) is 2.35. The number of hydrogen-bond donors (Lipinski definition) is 0. The minimum atomic E-state index is -0.496. The third-order valence-corrected chi connectivity index (χ3v) is 3.75. The number of carbonyl (C=O) groups is 1. The van der Waals surface area contributed by atoms with Gasteiger partial charge >= 0.3 is 5.97 Å². The van der Waals surface area contributed by atoms with Gasteiger partial charge in [-0.2, -0.15) is 4.98 Å². The Morgan fingerprint density at radius 3 is 2.46 bits per heavy atom. The molecule has 1 heterocycles. The van der Waals surface area contributed by atoms with Gasteiger partial charge in [-0.25, -0.2) is 4.79 Å². The van der Waals surface area contributed by atoms with E-state index in [0.29, 0.717) is 12.5 Å². The molecular formula is C21H20N2O5. The number of esters is 1. The Hall–Kier alpha value is -3.61. The molecule has 144 valence electrons. The number of ether oxygens (including phenoxy) is 3. The third kappa shape index (κ3) is 5.20. The molecule has 0 aliphatic rings. The normalized spacial score (nSPS) is 10.8. The van der Waals surface area contributed by atoms with Crippen LogP contribution in [0.3, 0.4) is 0 Å². The zero-order valence-corrected chi connectivity index (χ0v) is 15.6. The SMILES string of the molecule is CCOc1ccc(/C=C/C(=O)OCc2noc(-c3ccc(OC)cc3)n2)cc1. The molecule has 0 saturated heterocycles. The van der Waals surface area contributed by atoms with E-state index in [2.05, 4.69) is 10.1 Å². The van der Waals surface area contributed by atoms with Crippen LogP contribution < -0.4 is 9.47 Å². The van der Waals surface area contributed by atoms with Gasteiger partial charge in [-0.1, -0.05) is 17.3 Å². The van der Waals surface area contributed by atoms with Crippen molar-refractivity contribution in [2.75, 3.05) is 13.7 Å². The Labute approximate surface area is 162 Å². The molecule has 2 aromatic carbocycles. The quantitative estimate of drug-likeness (QED) is 0.433. The van der Waals surface area contributed by atoms with Crippen molar-refractivity contribution in [1.82, 2.24) is 10.1 Å². The van der Waals surface area contributed by atoms with Crippen molar-refractivity contribution < 1.29 is 23.5 Å². The van der Waals surface area contributed by atoms with Gasteiger partial charge in [0.05, 0.1) is 13.7 Å². The van der Waals surface area contributed by atoms with Crippen molar-refractivity contribution in [2.24, 2.45) is 0 Å². The molecule has 0 radical (unpaired) electrons. The molecule has 0 saturated carbocycles. The summed E-state index contributed by atoms with van der Waals surface area (Å²) in [5, 5.41) is 3.82. The molecule has 0 spiro atoms. The van der Waals surface area contributed by atoms with Crippen LogP contribution in [-0.2, 0) is 16.1 Å². The molecule has 0 unspecified atom stereocenters. The number of aromatic nitrogens is 2. The molecule has 28 heavy (non-hydrogen) atoms. The summed E-state index contributed by atoms with van der Waals surface area (Å²) in [7, 11) is 1.60. The summed E-state index contributed by atoms with van der Waals surface area (Å²) < 4.78 is 20.8. The van der Waals surface area contributed by atoms with Crippen molar-refractivity contribution in [1.29, 1.82) is 0 Å². The van der Waals surface area contributed by atoms with E-state index in [0.717, 1.165) is 22.6 Å². The first kappa shape index (κ1) is 19.2. The van der Waals surface area contributed by atoms with Crippen LogP contribution in [-0.4, -0.2) is 29.8 Å². The van der Waals surface area contributed by atoms with Crippen molar-refractivity contribution in [2.45, 2.75) is 13.5 Å². The van der Waals surface area contributed by atoms with Gasteiger partial charge in [-0.15, -0.1) is 0 Å². The Bertz CT molecular complexity index is 930. The zero-order chi connectivity index (χ0) is 19.8. The summed E-state index contributed by atoms with van der Waals surface area (Å²) in [6.45, 7) is 2.46. The molecule has 0 aliphatic heterocycles. The average Bonchev–Trinajstić information content (AvgIpc) is 3.21. The van der Waals surface area contributed by atoms with E-state index in [1.807, 2.05) is 43.3 Å². The molecular weight excluding hydrogens is 360 g/mol. The highest BCUT2D eigenvalue weighted by Gasteiger charge is 2.10. The standard InChI is InChI=1S/C21H20N2O5/c1-3-26-18-9-4-15(5-10-18)6-13-20(24)27-14-19-22-21(28-23-19)16-7-11-17(25-2)12-8-16/h4-13H,3,14H2,1-2H3/b13-6+. The Morgan fingerprint density at radius 1 is 1.07 bits per heavy atom. The van der Waals surface area contributed by atoms with Crippen LogP contribution >= 0.6 is 0 Å². The monoisotopic (exact) mass is 380 g/mol. The molecule has 7 heteroatoms. The second kappa shape index (κ2) is 9.36. The lowest BCUT2D eigenvalue weighted by Gasteiger charge is -2.02. The van der Waals surface area contributed by atoms with E-state index in [1.54, 1.807) is 25.3 Å². The number of hydrogen-bond acceptors (Lipinski definition) is 7. The van der Waals surface area contributed by atoms with Crippen molar-refractivity contribution in [3.05, 3.63) is 66.0 Å². The van der Waals surface area contributed by atoms with Gasteiger partial charge in [0, 0.05) is 11.6 Å². The first-order valence-electron chi connectivity index (χ1n) is 8.72. The first-order valence-corrected chi connectivity index (χ1v) is 8.72. The Kier molecular flexibility index (Phi) is 6.41. The lowest BCUT2D eigenvalue weighted by Crippen LogP contribution is -2.02. The fourth-order valence-electron chi connectivity index (χ4n) is 2.35. The van der Waals surface area contributed by atoms with Gasteiger partial charge in [0.1, 0.15) is 11.5 Å². The van der Waals surface area contributed by atoms with Gasteiger partial charge in [-0.05, 0) is 55.0 Å². The molecule has 0 N–H and O–H groups in total. The van der Waals surface area contributed by atoms with Gasteiger partial charge < -0.3 is 18.7 Å². The average molecular weight is 380 g/mol. The summed E-state index contributed by atoms with van der Waals surface area (Å²) in [6, 6.07) is 14.6.